The number of nitrogens with zero attached hydrogens (tertiary/aromatic N) is 3. The van der Waals surface area contributed by atoms with Crippen molar-refractivity contribution in [2.75, 3.05) is 6.26 Å². The van der Waals surface area contributed by atoms with Gasteiger partial charge in [-0.15, -0.1) is 0 Å². The van der Waals surface area contributed by atoms with Gasteiger partial charge in [0.1, 0.15) is 15.4 Å². The van der Waals surface area contributed by atoms with Gasteiger partial charge < -0.3 is 5.21 Å². The molecule has 1 aromatic rings. The first-order valence-corrected chi connectivity index (χ1v) is 7.04. The summed E-state index contributed by atoms with van der Waals surface area (Å²) in [6.07, 6.45) is -2.32. The van der Waals surface area contributed by atoms with Crippen LogP contribution in [0.5, 0.6) is 0 Å². The van der Waals surface area contributed by atoms with Gasteiger partial charge in [0.05, 0.1) is 9.72 Å². The summed E-state index contributed by atoms with van der Waals surface area (Å²) in [5.74, 6) is 0. The highest BCUT2D eigenvalue weighted by atomic mass is 32.2. The summed E-state index contributed by atoms with van der Waals surface area (Å²) >= 11 is 0. The van der Waals surface area contributed by atoms with Gasteiger partial charge in [0.2, 0.25) is 0 Å². The molecule has 0 aliphatic heterocycles. The van der Waals surface area contributed by atoms with Crippen molar-refractivity contribution in [3.63, 3.8) is 0 Å². The van der Waals surface area contributed by atoms with Gasteiger partial charge in [0.15, 0.2) is 6.72 Å². The van der Waals surface area contributed by atoms with E-state index in [9.17, 15) is 22.6 Å². The Bertz CT molecular complexity index is 589. The van der Waals surface area contributed by atoms with Crippen LogP contribution in [0.4, 0.5) is 13.2 Å². The Morgan fingerprint density at radius 1 is 1.53 bits per heavy atom. The Labute approximate surface area is 108 Å². The van der Waals surface area contributed by atoms with Crippen LogP contribution in [0, 0.1) is 5.21 Å². The fourth-order valence-electron chi connectivity index (χ4n) is 1.32. The number of aromatic nitrogens is 1. The minimum Gasteiger partial charge on any atom is -0.594 e. The van der Waals surface area contributed by atoms with E-state index in [1.54, 1.807) is 0 Å². The van der Waals surface area contributed by atoms with Crippen LogP contribution in [0.1, 0.15) is 23.4 Å². The van der Waals surface area contributed by atoms with Gasteiger partial charge in [-0.05, 0) is 18.6 Å². The van der Waals surface area contributed by atoms with E-state index < -0.39 is 26.8 Å². The summed E-state index contributed by atoms with van der Waals surface area (Å²) < 4.78 is 52.4. The number of rotatable bonds is 3. The monoisotopic (exact) mass is 295 g/mol. The van der Waals surface area contributed by atoms with E-state index in [0.717, 1.165) is 18.3 Å². The minimum absolute atomic E-state index is 0.0731. The molecule has 1 rings (SSSR count). The molecule has 2 unspecified atom stereocenters. The van der Waals surface area contributed by atoms with E-state index in [1.807, 2.05) is 0 Å². The molecule has 0 aliphatic carbocycles. The first-order chi connectivity index (χ1) is 8.54. The van der Waals surface area contributed by atoms with Gasteiger partial charge in [-0.2, -0.15) is 13.2 Å². The second-order valence-corrected chi connectivity index (χ2v) is 6.50. The Morgan fingerprint density at radius 2 is 2.11 bits per heavy atom. The molecule has 0 bridgehead atoms. The Hall–Kier alpha value is -1.64. The molecular weight excluding hydrogens is 283 g/mol. The van der Waals surface area contributed by atoms with Gasteiger partial charge in [-0.25, -0.2) is 4.21 Å². The minimum atomic E-state index is -4.53. The van der Waals surface area contributed by atoms with Crippen molar-refractivity contribution in [3.05, 3.63) is 34.8 Å². The highest BCUT2D eigenvalue weighted by Crippen LogP contribution is 2.29. The maximum absolute atomic E-state index is 12.3. The van der Waals surface area contributed by atoms with Crippen LogP contribution in [0.3, 0.4) is 0 Å². The molecule has 0 spiro atoms. The van der Waals surface area contributed by atoms with Crippen molar-refractivity contribution in [2.45, 2.75) is 18.3 Å². The molecule has 19 heavy (non-hydrogen) atoms. The van der Waals surface area contributed by atoms with Crippen molar-refractivity contribution in [3.8, 4) is 0 Å². The normalized spacial score (nSPS) is 16.5. The predicted octanol–water partition coefficient (Wildman–Crippen LogP) is 2.39. The molecule has 0 saturated heterocycles. The zero-order chi connectivity index (χ0) is 14.8. The lowest BCUT2D eigenvalue weighted by Gasteiger charge is -2.13. The van der Waals surface area contributed by atoms with E-state index in [-0.39, 0.29) is 4.85 Å². The molecule has 5 nitrogen and oxygen atoms in total. The van der Waals surface area contributed by atoms with Crippen LogP contribution < -0.4 is 0 Å². The molecule has 1 aromatic heterocycles. The van der Waals surface area contributed by atoms with Gasteiger partial charge in [0.25, 0.3) is 0 Å². The summed E-state index contributed by atoms with van der Waals surface area (Å²) in [6.45, 7) is 4.40. The van der Waals surface area contributed by atoms with Crippen molar-refractivity contribution in [1.82, 2.24) is 4.98 Å². The van der Waals surface area contributed by atoms with E-state index in [2.05, 4.69) is 16.2 Å². The molecular formula is C10H12F3N3O2S. The summed E-state index contributed by atoms with van der Waals surface area (Å²) in [7, 11) is -2.96. The Morgan fingerprint density at radius 3 is 2.47 bits per heavy atom. The van der Waals surface area contributed by atoms with E-state index >= 15 is 0 Å². The second-order valence-electron chi connectivity index (χ2n) is 3.91. The zero-order valence-electron chi connectivity index (χ0n) is 10.2. The summed E-state index contributed by atoms with van der Waals surface area (Å²) in [4.78, 5) is 3.19. The smallest absolute Gasteiger partial charge is 0.433 e. The average molecular weight is 295 g/mol. The SMILES string of the molecule is C=[N+]([O-])N=S(C)(=O)C(C)c1ccc(C(F)(F)F)nc1. The lowest BCUT2D eigenvalue weighted by molar-refractivity contribution is -0.450. The van der Waals surface area contributed by atoms with Crippen LogP contribution in [-0.2, 0) is 15.9 Å². The first-order valence-electron chi connectivity index (χ1n) is 5.06. The average Bonchev–Trinajstić information content (AvgIpc) is 2.25. The predicted molar refractivity (Wildman–Crippen MR) is 64.9 cm³/mol. The first kappa shape index (κ1) is 15.4. The molecule has 0 amide bonds. The third-order valence-corrected chi connectivity index (χ3v) is 4.55. The van der Waals surface area contributed by atoms with Crippen LogP contribution >= 0.6 is 0 Å². The molecule has 0 N–H and O–H groups in total. The standard InChI is InChI=1S/C10H12F3N3O2S/c1-7(19(3,18)15-16(2)17)8-4-5-9(14-6-8)10(11,12)13/h4-7H,2H2,1,3H3. The molecule has 1 heterocycles. The van der Waals surface area contributed by atoms with Crippen LogP contribution in [0.15, 0.2) is 22.8 Å². The van der Waals surface area contributed by atoms with Crippen LogP contribution in [-0.4, -0.2) is 27.0 Å². The van der Waals surface area contributed by atoms with Crippen LogP contribution in [0.25, 0.3) is 0 Å². The van der Waals surface area contributed by atoms with Crippen molar-refractivity contribution in [2.24, 2.45) is 4.47 Å². The number of halogens is 3. The molecule has 0 aliphatic rings. The molecule has 9 heteroatoms. The van der Waals surface area contributed by atoms with E-state index in [4.69, 9.17) is 0 Å². The molecule has 0 saturated carbocycles. The maximum Gasteiger partial charge on any atom is 0.433 e. The van der Waals surface area contributed by atoms with E-state index in [0.29, 0.717) is 5.56 Å². The third kappa shape index (κ3) is 3.91. The zero-order valence-corrected chi connectivity index (χ0v) is 11.0. The number of hydrogen-bond donors (Lipinski definition) is 0. The van der Waals surface area contributed by atoms with Gasteiger partial charge in [-0.1, -0.05) is 10.9 Å². The summed E-state index contributed by atoms with van der Waals surface area (Å²) in [5.41, 5.74) is -0.739. The van der Waals surface area contributed by atoms with Crippen molar-refractivity contribution < 1.29 is 22.2 Å². The van der Waals surface area contributed by atoms with Gasteiger partial charge >= 0.3 is 6.18 Å². The van der Waals surface area contributed by atoms with E-state index in [1.165, 1.54) is 13.2 Å². The highest BCUT2D eigenvalue weighted by Gasteiger charge is 2.32. The number of alkyl halides is 3. The maximum atomic E-state index is 12.3. The Kier molecular flexibility index (Phi) is 4.18. The fraction of sp³-hybridized carbons (Fsp3) is 0.400. The lowest BCUT2D eigenvalue weighted by atomic mass is 10.2. The van der Waals surface area contributed by atoms with Crippen molar-refractivity contribution in [1.29, 1.82) is 0 Å². The quantitative estimate of drug-likeness (QED) is 0.372. The topological polar surface area (TPSA) is 68.4 Å². The van der Waals surface area contributed by atoms with Gasteiger partial charge in [-0.3, -0.25) is 4.98 Å². The summed E-state index contributed by atoms with van der Waals surface area (Å²) in [5, 5.41) is 9.93. The molecule has 0 aromatic carbocycles. The number of pyridine rings is 1. The molecule has 106 valence electrons. The fourth-order valence-corrected chi connectivity index (χ4v) is 2.46. The molecule has 0 fully saturated rings. The highest BCUT2D eigenvalue weighted by molar-refractivity contribution is 7.93. The molecule has 2 atom stereocenters. The lowest BCUT2D eigenvalue weighted by Crippen LogP contribution is -2.12. The summed E-state index contributed by atoms with van der Waals surface area (Å²) in [6, 6.07) is 1.96. The molecule has 0 radical (unpaired) electrons. The van der Waals surface area contributed by atoms with Gasteiger partial charge in [0, 0.05) is 12.5 Å². The van der Waals surface area contributed by atoms with Crippen molar-refractivity contribution >= 4 is 16.4 Å². The third-order valence-electron chi connectivity index (χ3n) is 2.46. The number of hydrogen-bond acceptors (Lipinski definition) is 4. The second kappa shape index (κ2) is 5.16. The largest absolute Gasteiger partial charge is 0.594 e. The van der Waals surface area contributed by atoms with Crippen LogP contribution in [0.2, 0.25) is 0 Å². The Balaban J connectivity index is 3.13.